The molecule has 1 aromatic rings. The summed E-state index contributed by atoms with van der Waals surface area (Å²) < 4.78 is 9.32. The van der Waals surface area contributed by atoms with E-state index < -0.39 is 0 Å². The summed E-state index contributed by atoms with van der Waals surface area (Å²) in [6, 6.07) is 8.21. The van der Waals surface area contributed by atoms with Gasteiger partial charge in [-0.2, -0.15) is 0 Å². The first-order valence-corrected chi connectivity index (χ1v) is 7.34. The zero-order chi connectivity index (χ0) is 16.2. The lowest BCUT2D eigenvalue weighted by Crippen LogP contribution is -2.00. The zero-order valence-electron chi connectivity index (χ0n) is 12.8. The van der Waals surface area contributed by atoms with Gasteiger partial charge in [0.25, 0.3) is 0 Å². The fourth-order valence-corrected chi connectivity index (χ4v) is 2.05. The molecule has 1 rings (SSSR count). The third-order valence-electron chi connectivity index (χ3n) is 3.15. The van der Waals surface area contributed by atoms with Gasteiger partial charge in [0, 0.05) is 12.8 Å². The van der Waals surface area contributed by atoms with Crippen molar-refractivity contribution in [3.05, 3.63) is 61.1 Å². The van der Waals surface area contributed by atoms with Crippen molar-refractivity contribution in [2.24, 2.45) is 0 Å². The van der Waals surface area contributed by atoms with Gasteiger partial charge in [-0.05, 0) is 36.8 Å². The smallest absolute Gasteiger partial charge is 0.310 e. The van der Waals surface area contributed by atoms with E-state index in [0.717, 1.165) is 38.2 Å². The second kappa shape index (κ2) is 10.4. The van der Waals surface area contributed by atoms with Gasteiger partial charge in [-0.15, -0.1) is 0 Å². The molecule has 0 aliphatic rings. The molecule has 0 N–H and O–H groups in total. The van der Waals surface area contributed by atoms with Crippen LogP contribution >= 0.6 is 0 Å². The molecule has 0 unspecified atom stereocenters. The largest absolute Gasteiger partial charge is 0.435 e. The highest BCUT2D eigenvalue weighted by Gasteiger charge is 2.03. The van der Waals surface area contributed by atoms with E-state index in [1.807, 2.05) is 0 Å². The molecular formula is C18H22O4. The number of carbonyl (C=O) groups excluding carboxylic acids is 2. The molecule has 0 spiro atoms. The average molecular weight is 302 g/mol. The minimum Gasteiger partial charge on any atom is -0.435 e. The number of esters is 2. The Bertz CT molecular complexity index is 455. The van der Waals surface area contributed by atoms with Gasteiger partial charge in [0.05, 0.1) is 12.5 Å². The van der Waals surface area contributed by atoms with Crippen LogP contribution in [-0.2, 0) is 31.9 Å². The molecule has 0 aromatic heterocycles. The number of aryl methyl sites for hydroxylation is 2. The molecule has 0 aliphatic heterocycles. The summed E-state index contributed by atoms with van der Waals surface area (Å²) >= 11 is 0. The number of hydrogen-bond donors (Lipinski definition) is 0. The standard InChI is InChI=1S/C18H22O4/c1-3-21-17(19)9-5-7-15-11-13-16(14-12-15)8-6-10-18(20)22-4-2/h3-4,11-14H,1-2,5-10H2. The maximum atomic E-state index is 11.2. The first kappa shape index (κ1) is 17.7. The summed E-state index contributed by atoms with van der Waals surface area (Å²) in [7, 11) is 0. The monoisotopic (exact) mass is 302 g/mol. The SMILES string of the molecule is C=COC(=O)CCCc1ccc(CCCC(=O)OC=C)cc1. The summed E-state index contributed by atoms with van der Waals surface area (Å²) in [4.78, 5) is 22.3. The van der Waals surface area contributed by atoms with Crippen LogP contribution in [0.3, 0.4) is 0 Å². The van der Waals surface area contributed by atoms with Gasteiger partial charge in [0.2, 0.25) is 0 Å². The summed E-state index contributed by atoms with van der Waals surface area (Å²) in [6.45, 7) is 6.69. The van der Waals surface area contributed by atoms with Gasteiger partial charge in [-0.3, -0.25) is 9.59 Å². The predicted molar refractivity (Wildman–Crippen MR) is 84.9 cm³/mol. The maximum absolute atomic E-state index is 11.2. The molecule has 4 nitrogen and oxygen atoms in total. The Balaban J connectivity index is 2.27. The molecule has 22 heavy (non-hydrogen) atoms. The van der Waals surface area contributed by atoms with E-state index in [2.05, 4.69) is 46.9 Å². The van der Waals surface area contributed by atoms with Crippen molar-refractivity contribution < 1.29 is 19.1 Å². The number of carbonyl (C=O) groups is 2. The van der Waals surface area contributed by atoms with E-state index in [9.17, 15) is 9.59 Å². The van der Waals surface area contributed by atoms with E-state index in [1.54, 1.807) is 0 Å². The Morgan fingerprint density at radius 3 is 1.50 bits per heavy atom. The lowest BCUT2D eigenvalue weighted by Gasteiger charge is -2.04. The molecule has 0 heterocycles. The quantitative estimate of drug-likeness (QED) is 0.488. The molecule has 0 aliphatic carbocycles. The highest BCUT2D eigenvalue weighted by atomic mass is 16.5. The molecule has 4 heteroatoms. The van der Waals surface area contributed by atoms with E-state index in [0.29, 0.717) is 12.8 Å². The Morgan fingerprint density at radius 2 is 1.18 bits per heavy atom. The van der Waals surface area contributed by atoms with Crippen LogP contribution in [0.2, 0.25) is 0 Å². The third kappa shape index (κ3) is 7.43. The number of rotatable bonds is 10. The van der Waals surface area contributed by atoms with Gasteiger partial charge in [0.15, 0.2) is 0 Å². The number of benzene rings is 1. The van der Waals surface area contributed by atoms with Crippen LogP contribution in [0.15, 0.2) is 49.9 Å². The van der Waals surface area contributed by atoms with Crippen molar-refractivity contribution >= 4 is 11.9 Å². The molecule has 0 fully saturated rings. The molecular weight excluding hydrogens is 280 g/mol. The Morgan fingerprint density at radius 1 is 0.818 bits per heavy atom. The van der Waals surface area contributed by atoms with Gasteiger partial charge >= 0.3 is 11.9 Å². The van der Waals surface area contributed by atoms with Crippen molar-refractivity contribution in [3.63, 3.8) is 0 Å². The van der Waals surface area contributed by atoms with E-state index in [-0.39, 0.29) is 11.9 Å². The number of hydrogen-bond acceptors (Lipinski definition) is 4. The molecule has 0 saturated heterocycles. The van der Waals surface area contributed by atoms with Crippen LogP contribution < -0.4 is 0 Å². The fourth-order valence-electron chi connectivity index (χ4n) is 2.05. The van der Waals surface area contributed by atoms with Crippen LogP contribution in [0.25, 0.3) is 0 Å². The fraction of sp³-hybridized carbons (Fsp3) is 0.333. The van der Waals surface area contributed by atoms with Crippen molar-refractivity contribution in [2.75, 3.05) is 0 Å². The normalized spacial score (nSPS) is 9.82. The predicted octanol–water partition coefficient (Wildman–Crippen LogP) is 3.71. The average Bonchev–Trinajstić information content (AvgIpc) is 2.49. The van der Waals surface area contributed by atoms with Gasteiger partial charge in [-0.25, -0.2) is 0 Å². The molecule has 0 amide bonds. The second-order valence-corrected chi connectivity index (χ2v) is 4.84. The summed E-state index contributed by atoms with van der Waals surface area (Å²) in [6.07, 6.45) is 6.25. The van der Waals surface area contributed by atoms with Crippen molar-refractivity contribution in [1.82, 2.24) is 0 Å². The van der Waals surface area contributed by atoms with Crippen LogP contribution in [0.4, 0.5) is 0 Å². The minimum atomic E-state index is -0.252. The van der Waals surface area contributed by atoms with Crippen LogP contribution in [-0.4, -0.2) is 11.9 Å². The van der Waals surface area contributed by atoms with Crippen molar-refractivity contribution in [1.29, 1.82) is 0 Å². The first-order chi connectivity index (χ1) is 10.7. The van der Waals surface area contributed by atoms with Gasteiger partial charge in [-0.1, -0.05) is 37.4 Å². The first-order valence-electron chi connectivity index (χ1n) is 7.34. The van der Waals surface area contributed by atoms with Crippen molar-refractivity contribution in [3.8, 4) is 0 Å². The van der Waals surface area contributed by atoms with Crippen LogP contribution in [0, 0.1) is 0 Å². The third-order valence-corrected chi connectivity index (χ3v) is 3.15. The molecule has 0 atom stereocenters. The van der Waals surface area contributed by atoms with E-state index in [4.69, 9.17) is 0 Å². The summed E-state index contributed by atoms with van der Waals surface area (Å²) in [5.41, 5.74) is 2.36. The summed E-state index contributed by atoms with van der Waals surface area (Å²) in [5, 5.41) is 0. The summed E-state index contributed by atoms with van der Waals surface area (Å²) in [5.74, 6) is -0.504. The molecule has 118 valence electrons. The maximum Gasteiger partial charge on any atom is 0.310 e. The highest BCUT2D eigenvalue weighted by molar-refractivity contribution is 5.70. The Labute approximate surface area is 131 Å². The van der Waals surface area contributed by atoms with E-state index in [1.165, 1.54) is 11.1 Å². The zero-order valence-corrected chi connectivity index (χ0v) is 12.8. The highest BCUT2D eigenvalue weighted by Crippen LogP contribution is 2.11. The van der Waals surface area contributed by atoms with Crippen LogP contribution in [0.5, 0.6) is 0 Å². The lowest BCUT2D eigenvalue weighted by molar-refractivity contribution is -0.139. The Kier molecular flexibility index (Phi) is 8.35. The molecule has 0 saturated carbocycles. The minimum absolute atomic E-state index is 0.252. The van der Waals surface area contributed by atoms with Gasteiger partial charge in [0.1, 0.15) is 0 Å². The number of ether oxygens (including phenoxy) is 2. The van der Waals surface area contributed by atoms with E-state index >= 15 is 0 Å². The molecule has 0 bridgehead atoms. The Hall–Kier alpha value is -2.36. The molecule has 0 radical (unpaired) electrons. The molecule has 1 aromatic carbocycles. The van der Waals surface area contributed by atoms with Gasteiger partial charge < -0.3 is 9.47 Å². The topological polar surface area (TPSA) is 52.6 Å². The van der Waals surface area contributed by atoms with Crippen molar-refractivity contribution in [2.45, 2.75) is 38.5 Å². The lowest BCUT2D eigenvalue weighted by atomic mass is 10.0. The van der Waals surface area contributed by atoms with Crippen LogP contribution in [0.1, 0.15) is 36.8 Å². The second-order valence-electron chi connectivity index (χ2n) is 4.84.